The van der Waals surface area contributed by atoms with Crippen molar-refractivity contribution in [1.29, 1.82) is 0 Å². The van der Waals surface area contributed by atoms with Crippen LogP contribution in [0.4, 0.5) is 0 Å². The van der Waals surface area contributed by atoms with Gasteiger partial charge in [0.25, 0.3) is 5.56 Å². The molecule has 0 saturated carbocycles. The summed E-state index contributed by atoms with van der Waals surface area (Å²) >= 11 is 3.46. The van der Waals surface area contributed by atoms with E-state index in [4.69, 9.17) is 9.47 Å². The summed E-state index contributed by atoms with van der Waals surface area (Å²) < 4.78 is 16.2. The zero-order valence-electron chi connectivity index (χ0n) is 15.4. The topological polar surface area (TPSA) is 108 Å². The molecule has 0 spiro atoms. The van der Waals surface area contributed by atoms with Crippen molar-refractivity contribution >= 4 is 32.9 Å². The van der Waals surface area contributed by atoms with Crippen molar-refractivity contribution in [3.63, 3.8) is 0 Å². The van der Waals surface area contributed by atoms with Gasteiger partial charge in [0.1, 0.15) is 5.75 Å². The van der Waals surface area contributed by atoms with Gasteiger partial charge in [-0.1, -0.05) is 15.9 Å². The third-order valence-corrected chi connectivity index (χ3v) is 5.05. The standard InChI is InChI=1S/C17H17BrN6O4/c1-22-15-12(14(25)19-17(22)26)23(6-7-27-2)16-21-20-13(24(15)16)10-8-9(18)4-5-11(10)28-3/h4-5,8H,6-7H2,1-3H3,(H,19,25,26). The first-order valence-corrected chi connectivity index (χ1v) is 9.16. The zero-order chi connectivity index (χ0) is 20.0. The van der Waals surface area contributed by atoms with E-state index in [9.17, 15) is 9.59 Å². The van der Waals surface area contributed by atoms with Crippen LogP contribution in [0.5, 0.6) is 5.75 Å². The summed E-state index contributed by atoms with van der Waals surface area (Å²) in [6, 6.07) is 5.50. The van der Waals surface area contributed by atoms with E-state index in [1.807, 2.05) is 12.1 Å². The lowest BCUT2D eigenvalue weighted by Gasteiger charge is -2.08. The van der Waals surface area contributed by atoms with Gasteiger partial charge in [-0.2, -0.15) is 0 Å². The smallest absolute Gasteiger partial charge is 0.329 e. The minimum Gasteiger partial charge on any atom is -0.496 e. The number of rotatable bonds is 5. The number of hydrogen-bond donors (Lipinski definition) is 1. The van der Waals surface area contributed by atoms with Crippen molar-refractivity contribution in [3.05, 3.63) is 43.5 Å². The Hall–Kier alpha value is -2.92. The molecule has 0 atom stereocenters. The summed E-state index contributed by atoms with van der Waals surface area (Å²) in [6.45, 7) is 0.739. The molecule has 1 aromatic carbocycles. The summed E-state index contributed by atoms with van der Waals surface area (Å²) in [7, 11) is 4.72. The molecule has 0 aliphatic rings. The Bertz CT molecular complexity index is 1320. The first-order valence-electron chi connectivity index (χ1n) is 8.37. The summed E-state index contributed by atoms with van der Waals surface area (Å²) in [5.74, 6) is 1.47. The number of fused-ring (bicyclic) bond motifs is 3. The molecule has 1 N–H and O–H groups in total. The predicted molar refractivity (Wildman–Crippen MR) is 106 cm³/mol. The van der Waals surface area contributed by atoms with Gasteiger partial charge in [0.15, 0.2) is 17.0 Å². The quantitative estimate of drug-likeness (QED) is 0.490. The minimum absolute atomic E-state index is 0.319. The molecule has 0 saturated heterocycles. The molecule has 28 heavy (non-hydrogen) atoms. The number of halogens is 1. The van der Waals surface area contributed by atoms with Gasteiger partial charge in [-0.3, -0.25) is 14.3 Å². The number of aromatic amines is 1. The Labute approximate surface area is 166 Å². The maximum Gasteiger partial charge on any atom is 0.329 e. The van der Waals surface area contributed by atoms with Crippen molar-refractivity contribution < 1.29 is 9.47 Å². The molecule has 4 rings (SSSR count). The third-order valence-electron chi connectivity index (χ3n) is 4.56. The molecule has 0 aliphatic heterocycles. The highest BCUT2D eigenvalue weighted by Gasteiger charge is 2.24. The SMILES string of the molecule is COCCn1c2c(=O)[nH]c(=O)n(C)c2n2c(-c3cc(Br)ccc3OC)nnc12. The highest BCUT2D eigenvalue weighted by Crippen LogP contribution is 2.33. The van der Waals surface area contributed by atoms with Crippen LogP contribution in [0, 0.1) is 0 Å². The molecule has 0 fully saturated rings. The van der Waals surface area contributed by atoms with E-state index in [1.54, 1.807) is 36.3 Å². The first-order chi connectivity index (χ1) is 13.5. The Morgan fingerprint density at radius 2 is 2.00 bits per heavy atom. The number of methoxy groups -OCH3 is 2. The van der Waals surface area contributed by atoms with Gasteiger partial charge in [0, 0.05) is 25.2 Å². The molecule has 4 aromatic rings. The number of aromatic nitrogens is 6. The minimum atomic E-state index is -0.524. The number of aryl methyl sites for hydroxylation is 1. The Morgan fingerprint density at radius 1 is 1.21 bits per heavy atom. The second kappa shape index (κ2) is 6.91. The molecule has 0 radical (unpaired) electrons. The lowest BCUT2D eigenvalue weighted by Crippen LogP contribution is -2.29. The van der Waals surface area contributed by atoms with E-state index in [0.29, 0.717) is 47.2 Å². The van der Waals surface area contributed by atoms with E-state index in [1.165, 1.54) is 4.57 Å². The van der Waals surface area contributed by atoms with Crippen molar-refractivity contribution in [3.8, 4) is 17.1 Å². The lowest BCUT2D eigenvalue weighted by molar-refractivity contribution is 0.189. The molecular formula is C17H17BrN6O4. The van der Waals surface area contributed by atoms with Crippen LogP contribution in [0.15, 0.2) is 32.3 Å². The lowest BCUT2D eigenvalue weighted by atomic mass is 10.2. The van der Waals surface area contributed by atoms with Crippen LogP contribution in [0.2, 0.25) is 0 Å². The summed E-state index contributed by atoms with van der Waals surface area (Å²) in [6.07, 6.45) is 0. The molecule has 0 bridgehead atoms. The number of nitrogens with zero attached hydrogens (tertiary/aromatic N) is 5. The fourth-order valence-corrected chi connectivity index (χ4v) is 3.63. The molecule has 0 aliphatic carbocycles. The Balaban J connectivity index is 2.18. The fraction of sp³-hybridized carbons (Fsp3) is 0.294. The summed E-state index contributed by atoms with van der Waals surface area (Å²) in [4.78, 5) is 27.2. The molecule has 0 amide bonds. The van der Waals surface area contributed by atoms with E-state index in [-0.39, 0.29) is 0 Å². The van der Waals surface area contributed by atoms with Gasteiger partial charge in [0.2, 0.25) is 5.78 Å². The van der Waals surface area contributed by atoms with Gasteiger partial charge in [-0.05, 0) is 18.2 Å². The summed E-state index contributed by atoms with van der Waals surface area (Å²) in [5.41, 5.74) is 0.361. The maximum atomic E-state index is 12.6. The van der Waals surface area contributed by atoms with Crippen molar-refractivity contribution in [1.82, 2.24) is 28.7 Å². The Morgan fingerprint density at radius 3 is 2.71 bits per heavy atom. The number of H-pyrrole nitrogens is 1. The van der Waals surface area contributed by atoms with E-state index >= 15 is 0 Å². The van der Waals surface area contributed by atoms with E-state index in [2.05, 4.69) is 31.1 Å². The first kappa shape index (κ1) is 18.4. The number of ether oxygens (including phenoxy) is 2. The van der Waals surface area contributed by atoms with Gasteiger partial charge in [0.05, 0.1) is 19.3 Å². The average Bonchev–Trinajstić information content (AvgIpc) is 3.23. The van der Waals surface area contributed by atoms with Crippen molar-refractivity contribution in [2.75, 3.05) is 20.8 Å². The molecule has 146 valence electrons. The zero-order valence-corrected chi connectivity index (χ0v) is 17.0. The highest BCUT2D eigenvalue weighted by atomic mass is 79.9. The monoisotopic (exact) mass is 448 g/mol. The van der Waals surface area contributed by atoms with Gasteiger partial charge >= 0.3 is 5.69 Å². The second-order valence-electron chi connectivity index (χ2n) is 6.14. The van der Waals surface area contributed by atoms with Crippen LogP contribution in [0.3, 0.4) is 0 Å². The third kappa shape index (κ3) is 2.66. The number of benzene rings is 1. The largest absolute Gasteiger partial charge is 0.496 e. The van der Waals surface area contributed by atoms with Crippen LogP contribution < -0.4 is 16.0 Å². The maximum absolute atomic E-state index is 12.6. The normalized spacial score (nSPS) is 11.6. The molecule has 3 aromatic heterocycles. The Kier molecular flexibility index (Phi) is 4.55. The van der Waals surface area contributed by atoms with Crippen LogP contribution in [-0.4, -0.2) is 49.5 Å². The van der Waals surface area contributed by atoms with Crippen molar-refractivity contribution in [2.45, 2.75) is 6.54 Å². The van der Waals surface area contributed by atoms with Crippen LogP contribution >= 0.6 is 15.9 Å². The number of imidazole rings is 1. The summed E-state index contributed by atoms with van der Waals surface area (Å²) in [5, 5.41) is 8.60. The predicted octanol–water partition coefficient (Wildman–Crippen LogP) is 1.16. The van der Waals surface area contributed by atoms with E-state index in [0.717, 1.165) is 4.47 Å². The van der Waals surface area contributed by atoms with Gasteiger partial charge in [-0.25, -0.2) is 9.20 Å². The molecule has 10 nitrogen and oxygen atoms in total. The molecular weight excluding hydrogens is 432 g/mol. The molecule has 3 heterocycles. The van der Waals surface area contributed by atoms with E-state index < -0.39 is 11.2 Å². The highest BCUT2D eigenvalue weighted by molar-refractivity contribution is 9.10. The van der Waals surface area contributed by atoms with Crippen LogP contribution in [-0.2, 0) is 18.3 Å². The second-order valence-corrected chi connectivity index (χ2v) is 7.05. The van der Waals surface area contributed by atoms with Crippen molar-refractivity contribution in [2.24, 2.45) is 7.05 Å². The fourth-order valence-electron chi connectivity index (χ4n) is 3.27. The van der Waals surface area contributed by atoms with Crippen LogP contribution in [0.25, 0.3) is 28.3 Å². The van der Waals surface area contributed by atoms with Gasteiger partial charge in [-0.15, -0.1) is 10.2 Å². The molecule has 11 heteroatoms. The van der Waals surface area contributed by atoms with Crippen LogP contribution in [0.1, 0.15) is 0 Å². The number of hydrogen-bond acceptors (Lipinski definition) is 6. The average molecular weight is 449 g/mol. The molecule has 0 unspecified atom stereocenters. The van der Waals surface area contributed by atoms with Gasteiger partial charge < -0.3 is 14.0 Å². The number of nitrogens with one attached hydrogen (secondary N) is 1.